The zero-order chi connectivity index (χ0) is 21.7. The normalized spacial score (nSPS) is 11.7. The highest BCUT2D eigenvalue weighted by molar-refractivity contribution is 7.86. The molecule has 154 valence electrons. The van der Waals surface area contributed by atoms with Gasteiger partial charge in [0.25, 0.3) is 0 Å². The molecule has 0 amide bonds. The molecule has 29 heavy (non-hydrogen) atoms. The van der Waals surface area contributed by atoms with Crippen molar-refractivity contribution in [1.29, 1.82) is 0 Å². The molecule has 0 aromatic heterocycles. The average molecular weight is 481 g/mol. The summed E-state index contributed by atoms with van der Waals surface area (Å²) in [5.41, 5.74) is -5.65. The third kappa shape index (κ3) is 6.98. The Labute approximate surface area is 177 Å². The smallest absolute Gasteiger partial charge is 0.485 e. The first-order valence-corrected chi connectivity index (χ1v) is 11.6. The molecule has 3 aromatic carbocycles. The number of hydrogen-bond donors (Lipinski definition) is 0. The number of benzene rings is 3. The van der Waals surface area contributed by atoms with Gasteiger partial charge in [-0.3, -0.25) is 0 Å². The highest BCUT2D eigenvalue weighted by Crippen LogP contribution is 2.33. The van der Waals surface area contributed by atoms with Crippen molar-refractivity contribution in [2.24, 2.45) is 0 Å². The molecule has 0 spiro atoms. The maximum absolute atomic E-state index is 10.7. The summed E-state index contributed by atoms with van der Waals surface area (Å²) >= 11 is 12.0. The molecule has 0 unspecified atom stereocenters. The first-order chi connectivity index (χ1) is 13.5. The number of rotatable bonds is 3. The molecule has 10 heteroatoms. The summed E-state index contributed by atoms with van der Waals surface area (Å²) in [7, 11) is -7.12. The van der Waals surface area contributed by atoms with Crippen LogP contribution in [0.5, 0.6) is 0 Å². The lowest BCUT2D eigenvalue weighted by atomic mass is 10.3. The van der Waals surface area contributed by atoms with Gasteiger partial charge in [-0.25, -0.2) is 8.42 Å². The minimum atomic E-state index is -6.09. The molecule has 0 radical (unpaired) electrons. The van der Waals surface area contributed by atoms with Crippen LogP contribution in [0.1, 0.15) is 0 Å². The molecular weight excluding hydrogens is 467 g/mol. The van der Waals surface area contributed by atoms with Crippen molar-refractivity contribution in [3.05, 3.63) is 88.9 Å². The monoisotopic (exact) mass is 480 g/mol. The summed E-state index contributed by atoms with van der Waals surface area (Å²) in [6, 6.07) is 26.9. The predicted molar refractivity (Wildman–Crippen MR) is 112 cm³/mol. The summed E-state index contributed by atoms with van der Waals surface area (Å²) < 4.78 is 58.9. The standard InChI is InChI=1S/C18H13Cl2P.CHF3O3S/c19-14-6-10-17(11-7-14)21(16-4-2-1-3-5-16)18-12-8-15(20)9-13-18;2-1(3,4)8(5,6)7/h1-13H;(H,5,6,7). The Balaban J connectivity index is 0.000000321. The van der Waals surface area contributed by atoms with E-state index in [0.717, 1.165) is 10.0 Å². The van der Waals surface area contributed by atoms with Crippen molar-refractivity contribution in [3.8, 4) is 0 Å². The molecule has 3 nitrogen and oxygen atoms in total. The van der Waals surface area contributed by atoms with Gasteiger partial charge >= 0.3 is 5.51 Å². The van der Waals surface area contributed by atoms with E-state index in [-0.39, 0.29) is 0 Å². The molecule has 0 fully saturated rings. The van der Waals surface area contributed by atoms with Gasteiger partial charge in [-0.1, -0.05) is 41.4 Å². The van der Waals surface area contributed by atoms with Crippen LogP contribution >= 0.6 is 31.1 Å². The van der Waals surface area contributed by atoms with Crippen LogP contribution in [0.2, 0.25) is 10.0 Å². The van der Waals surface area contributed by atoms with E-state index < -0.39 is 23.5 Å². The Morgan fingerprint density at radius 1 is 0.690 bits per heavy atom. The van der Waals surface area contributed by atoms with Gasteiger partial charge in [0, 0.05) is 10.0 Å². The molecule has 0 aliphatic heterocycles. The molecule has 0 aliphatic rings. The molecule has 3 rings (SSSR count). The number of halogens is 5. The fraction of sp³-hybridized carbons (Fsp3) is 0.0526. The van der Waals surface area contributed by atoms with E-state index in [1.807, 2.05) is 30.3 Å². The minimum Gasteiger partial charge on any atom is -0.741 e. The quantitative estimate of drug-likeness (QED) is 0.314. The largest absolute Gasteiger partial charge is 0.741 e. The van der Waals surface area contributed by atoms with Crippen LogP contribution in [0.3, 0.4) is 0 Å². The summed E-state index contributed by atoms with van der Waals surface area (Å²) in [5, 5.41) is 5.52. The fourth-order valence-electron chi connectivity index (χ4n) is 2.34. The van der Waals surface area contributed by atoms with Gasteiger partial charge < -0.3 is 4.55 Å². The lowest BCUT2D eigenvalue weighted by Gasteiger charge is -2.10. The Morgan fingerprint density at radius 3 is 1.31 bits per heavy atom. The average Bonchev–Trinajstić information content (AvgIpc) is 2.65. The van der Waals surface area contributed by atoms with Gasteiger partial charge in [0.05, 0.1) is 7.92 Å². The molecule has 0 bridgehead atoms. The van der Waals surface area contributed by atoms with E-state index in [9.17, 15) is 13.2 Å². The lowest BCUT2D eigenvalue weighted by molar-refractivity contribution is -0.0517. The Bertz CT molecular complexity index is 982. The molecule has 0 aliphatic carbocycles. The fourth-order valence-corrected chi connectivity index (χ4v) is 5.12. The molecule has 3 aromatic rings. The molecule has 0 saturated heterocycles. The van der Waals surface area contributed by atoms with E-state index in [1.54, 1.807) is 0 Å². The first kappa shape index (κ1) is 23.6. The van der Waals surface area contributed by atoms with Gasteiger partial charge in [-0.15, -0.1) is 0 Å². The van der Waals surface area contributed by atoms with E-state index >= 15 is 0 Å². The number of hydrogen-bond acceptors (Lipinski definition) is 3. The van der Waals surface area contributed by atoms with Crippen LogP contribution in [-0.4, -0.2) is 18.5 Å². The highest BCUT2D eigenvalue weighted by Gasteiger charge is 2.36. The Hall–Kier alpha value is -1.63. The molecule has 0 heterocycles. The highest BCUT2D eigenvalue weighted by atomic mass is 35.5. The van der Waals surface area contributed by atoms with Crippen molar-refractivity contribution in [3.63, 3.8) is 0 Å². The van der Waals surface area contributed by atoms with E-state index in [4.69, 9.17) is 36.2 Å². The third-order valence-electron chi connectivity index (χ3n) is 3.61. The second-order valence-corrected chi connectivity index (χ2v) is 10.4. The maximum atomic E-state index is 10.7. The lowest BCUT2D eigenvalue weighted by Crippen LogP contribution is -2.21. The van der Waals surface area contributed by atoms with Crippen LogP contribution in [0, 0.1) is 0 Å². The summed E-state index contributed by atoms with van der Waals surface area (Å²) in [6.45, 7) is 0. The van der Waals surface area contributed by atoms with E-state index in [1.165, 1.54) is 15.9 Å². The third-order valence-corrected chi connectivity index (χ3v) is 7.41. The van der Waals surface area contributed by atoms with Gasteiger partial charge in [0.2, 0.25) is 0 Å². The number of alkyl halides is 3. The van der Waals surface area contributed by atoms with E-state index in [2.05, 4.69) is 48.5 Å². The SMILES string of the molecule is Clc1ccc([PH+](c2ccccc2)c2ccc(Cl)cc2)cc1.O=S(=O)([O-])C(F)(F)F. The molecule has 0 saturated carbocycles. The molecule has 0 N–H and O–H groups in total. The predicted octanol–water partition coefficient (Wildman–Crippen LogP) is 4.54. The molecular formula is C19H14Cl2F3O3PS. The summed E-state index contributed by atoms with van der Waals surface area (Å²) in [6.07, 6.45) is 0. The summed E-state index contributed by atoms with van der Waals surface area (Å²) in [5.74, 6) is 0. The van der Waals surface area contributed by atoms with Gasteiger partial charge in [0.15, 0.2) is 10.1 Å². The second-order valence-electron chi connectivity index (χ2n) is 5.65. The zero-order valence-electron chi connectivity index (χ0n) is 14.5. The van der Waals surface area contributed by atoms with Gasteiger partial charge in [0.1, 0.15) is 15.9 Å². The van der Waals surface area contributed by atoms with Crippen molar-refractivity contribution in [2.45, 2.75) is 5.51 Å². The topological polar surface area (TPSA) is 57.2 Å². The van der Waals surface area contributed by atoms with E-state index in [0.29, 0.717) is 0 Å². The first-order valence-electron chi connectivity index (χ1n) is 7.95. The van der Waals surface area contributed by atoms with Crippen LogP contribution in [-0.2, 0) is 10.1 Å². The minimum absolute atomic E-state index is 0.768. The van der Waals surface area contributed by atoms with Gasteiger partial charge in [-0.05, 0) is 60.7 Å². The molecule has 0 atom stereocenters. The van der Waals surface area contributed by atoms with Crippen LogP contribution in [0.15, 0.2) is 78.9 Å². The maximum Gasteiger partial charge on any atom is 0.485 e. The van der Waals surface area contributed by atoms with Crippen molar-refractivity contribution in [1.82, 2.24) is 0 Å². The Kier molecular flexibility index (Phi) is 8.09. The van der Waals surface area contributed by atoms with Crippen LogP contribution in [0.25, 0.3) is 0 Å². The second kappa shape index (κ2) is 9.92. The van der Waals surface area contributed by atoms with Crippen molar-refractivity contribution < 1.29 is 26.1 Å². The van der Waals surface area contributed by atoms with Gasteiger partial charge in [-0.2, -0.15) is 13.2 Å². The Morgan fingerprint density at radius 2 is 1.00 bits per heavy atom. The zero-order valence-corrected chi connectivity index (χ0v) is 17.9. The summed E-state index contributed by atoms with van der Waals surface area (Å²) in [4.78, 5) is 0. The van der Waals surface area contributed by atoms with Crippen molar-refractivity contribution >= 4 is 57.2 Å². The van der Waals surface area contributed by atoms with Crippen molar-refractivity contribution in [2.75, 3.05) is 0 Å². The van der Waals surface area contributed by atoms with Crippen LogP contribution in [0.4, 0.5) is 13.2 Å². The van der Waals surface area contributed by atoms with Crippen LogP contribution < -0.4 is 15.9 Å².